The Morgan fingerprint density at radius 3 is 2.88 bits per heavy atom. The predicted molar refractivity (Wildman–Crippen MR) is 53.1 cm³/mol. The summed E-state index contributed by atoms with van der Waals surface area (Å²) >= 11 is 0. The maximum Gasteiger partial charge on any atom is 0.258 e. The number of H-pyrrole nitrogens is 2. The third kappa shape index (κ3) is 2.05. The predicted octanol–water partition coefficient (Wildman–Crippen LogP) is -0.549. The standard InChI is InChI=1S/C8H7N5O3/c14-5-1-4(2-6(15)11-5)7(16)12-8-9-3-10-13-8/h1-3H,(H2,11,14,15)(H2,9,10,12,13,16). The summed E-state index contributed by atoms with van der Waals surface area (Å²) in [5.41, 5.74) is -0.541. The second-order valence-electron chi connectivity index (χ2n) is 2.91. The number of aromatic nitrogens is 4. The van der Waals surface area contributed by atoms with Crippen LogP contribution in [-0.2, 0) is 0 Å². The number of hydrogen-bond acceptors (Lipinski definition) is 5. The van der Waals surface area contributed by atoms with Gasteiger partial charge in [0, 0.05) is 12.1 Å². The first kappa shape index (κ1) is 9.90. The number of hydrogen-bond donors (Lipinski definition) is 4. The van der Waals surface area contributed by atoms with Crippen LogP contribution in [0.3, 0.4) is 0 Å². The van der Waals surface area contributed by atoms with Crippen LogP contribution >= 0.6 is 0 Å². The highest BCUT2D eigenvalue weighted by Gasteiger charge is 2.09. The van der Waals surface area contributed by atoms with Gasteiger partial charge in [0.15, 0.2) is 5.88 Å². The summed E-state index contributed by atoms with van der Waals surface area (Å²) in [5, 5.41) is 17.4. The summed E-state index contributed by atoms with van der Waals surface area (Å²) in [4.78, 5) is 28.3. The Hall–Kier alpha value is -2.64. The molecule has 0 aliphatic rings. The Kier molecular flexibility index (Phi) is 2.38. The van der Waals surface area contributed by atoms with Crippen LogP contribution in [0.5, 0.6) is 5.88 Å². The maximum atomic E-state index is 11.6. The molecule has 8 heteroatoms. The molecule has 1 amide bonds. The van der Waals surface area contributed by atoms with Crippen LogP contribution in [0.1, 0.15) is 10.4 Å². The molecule has 0 aliphatic carbocycles. The molecule has 2 aromatic rings. The molecule has 0 aromatic carbocycles. The molecule has 0 fully saturated rings. The summed E-state index contributed by atoms with van der Waals surface area (Å²) < 4.78 is 0. The lowest BCUT2D eigenvalue weighted by Gasteiger charge is -2.01. The Balaban J connectivity index is 2.24. The van der Waals surface area contributed by atoms with Gasteiger partial charge in [-0.1, -0.05) is 0 Å². The Labute approximate surface area is 88.4 Å². The molecule has 0 bridgehead atoms. The summed E-state index contributed by atoms with van der Waals surface area (Å²) in [7, 11) is 0. The molecule has 2 heterocycles. The Bertz CT molecular complexity index is 559. The maximum absolute atomic E-state index is 11.6. The van der Waals surface area contributed by atoms with Crippen LogP contribution in [0.15, 0.2) is 23.3 Å². The smallest absolute Gasteiger partial charge is 0.258 e. The van der Waals surface area contributed by atoms with E-state index in [2.05, 4.69) is 25.5 Å². The Morgan fingerprint density at radius 2 is 2.25 bits per heavy atom. The first-order valence-electron chi connectivity index (χ1n) is 4.25. The van der Waals surface area contributed by atoms with E-state index in [0.29, 0.717) is 0 Å². The van der Waals surface area contributed by atoms with Gasteiger partial charge in [0.05, 0.1) is 5.56 Å². The molecule has 0 saturated heterocycles. The van der Waals surface area contributed by atoms with Crippen molar-refractivity contribution in [3.05, 3.63) is 34.4 Å². The molecule has 2 aromatic heterocycles. The van der Waals surface area contributed by atoms with Gasteiger partial charge in [0.1, 0.15) is 6.33 Å². The van der Waals surface area contributed by atoms with Crippen LogP contribution in [0.25, 0.3) is 0 Å². The van der Waals surface area contributed by atoms with Gasteiger partial charge >= 0.3 is 0 Å². The molecule has 2 rings (SSSR count). The van der Waals surface area contributed by atoms with Gasteiger partial charge in [-0.2, -0.15) is 10.1 Å². The van der Waals surface area contributed by atoms with Crippen molar-refractivity contribution >= 4 is 11.9 Å². The van der Waals surface area contributed by atoms with Gasteiger partial charge in [0.25, 0.3) is 11.5 Å². The molecule has 0 unspecified atom stereocenters. The molecule has 4 N–H and O–H groups in total. The van der Waals surface area contributed by atoms with E-state index >= 15 is 0 Å². The number of carbonyl (C=O) groups is 1. The zero-order valence-electron chi connectivity index (χ0n) is 7.89. The molecule has 0 spiro atoms. The minimum Gasteiger partial charge on any atom is -0.494 e. The van der Waals surface area contributed by atoms with Crippen LogP contribution in [0.2, 0.25) is 0 Å². The molecule has 0 radical (unpaired) electrons. The van der Waals surface area contributed by atoms with E-state index < -0.39 is 11.5 Å². The average molecular weight is 221 g/mol. The summed E-state index contributed by atoms with van der Waals surface area (Å²) in [6.45, 7) is 0. The molecule has 0 aliphatic heterocycles. The van der Waals surface area contributed by atoms with E-state index in [1.54, 1.807) is 0 Å². The number of pyridine rings is 1. The van der Waals surface area contributed by atoms with Crippen LogP contribution < -0.4 is 10.9 Å². The van der Waals surface area contributed by atoms with Crippen molar-refractivity contribution in [1.29, 1.82) is 0 Å². The fourth-order valence-electron chi connectivity index (χ4n) is 1.11. The van der Waals surface area contributed by atoms with Crippen molar-refractivity contribution in [2.24, 2.45) is 0 Å². The first-order valence-corrected chi connectivity index (χ1v) is 4.25. The lowest BCUT2D eigenvalue weighted by Crippen LogP contribution is -2.16. The average Bonchev–Trinajstić information content (AvgIpc) is 2.68. The number of nitrogens with zero attached hydrogens (tertiary/aromatic N) is 2. The minimum absolute atomic E-state index is 0.0256. The van der Waals surface area contributed by atoms with E-state index in [0.717, 1.165) is 12.1 Å². The molecule has 0 saturated carbocycles. The van der Waals surface area contributed by atoms with Crippen LogP contribution in [-0.4, -0.2) is 31.2 Å². The SMILES string of the molecule is O=C(Nc1ncn[nH]1)c1cc(O)[nH]c(=O)c1. The van der Waals surface area contributed by atoms with Crippen molar-refractivity contribution in [2.45, 2.75) is 0 Å². The highest BCUT2D eigenvalue weighted by atomic mass is 16.3. The molecular weight excluding hydrogens is 214 g/mol. The van der Waals surface area contributed by atoms with Gasteiger partial charge in [-0.3, -0.25) is 19.9 Å². The van der Waals surface area contributed by atoms with Crippen molar-refractivity contribution in [2.75, 3.05) is 5.32 Å². The fourth-order valence-corrected chi connectivity index (χ4v) is 1.11. The monoisotopic (exact) mass is 221 g/mol. The van der Waals surface area contributed by atoms with Crippen molar-refractivity contribution in [3.8, 4) is 5.88 Å². The molecule has 16 heavy (non-hydrogen) atoms. The van der Waals surface area contributed by atoms with Gasteiger partial charge in [-0.15, -0.1) is 0 Å². The molecule has 0 atom stereocenters. The number of amides is 1. The first-order chi connectivity index (χ1) is 7.65. The molecule has 8 nitrogen and oxygen atoms in total. The molecule has 82 valence electrons. The zero-order chi connectivity index (χ0) is 11.5. The third-order valence-corrected chi connectivity index (χ3v) is 1.74. The topological polar surface area (TPSA) is 124 Å². The van der Waals surface area contributed by atoms with E-state index in [1.165, 1.54) is 6.33 Å². The molecular formula is C8H7N5O3. The number of anilines is 1. The van der Waals surface area contributed by atoms with Crippen LogP contribution in [0, 0.1) is 0 Å². The fraction of sp³-hybridized carbons (Fsp3) is 0. The lowest BCUT2D eigenvalue weighted by molar-refractivity contribution is 0.102. The summed E-state index contributed by atoms with van der Waals surface area (Å²) in [6, 6.07) is 2.19. The lowest BCUT2D eigenvalue weighted by atomic mass is 10.2. The number of nitrogens with one attached hydrogen (secondary N) is 3. The van der Waals surface area contributed by atoms with Crippen LogP contribution in [0.4, 0.5) is 5.95 Å². The summed E-state index contributed by atoms with van der Waals surface area (Å²) in [6.07, 6.45) is 1.23. The number of carbonyl (C=O) groups excluding carboxylic acids is 1. The Morgan fingerprint density at radius 1 is 1.44 bits per heavy atom. The van der Waals surface area contributed by atoms with E-state index in [9.17, 15) is 9.59 Å². The van der Waals surface area contributed by atoms with Gasteiger partial charge < -0.3 is 5.11 Å². The van der Waals surface area contributed by atoms with Gasteiger partial charge in [-0.25, -0.2) is 5.10 Å². The normalized spacial score (nSPS) is 10.0. The highest BCUT2D eigenvalue weighted by molar-refractivity contribution is 6.03. The van der Waals surface area contributed by atoms with Crippen molar-refractivity contribution in [1.82, 2.24) is 20.2 Å². The quantitative estimate of drug-likeness (QED) is 0.541. The third-order valence-electron chi connectivity index (χ3n) is 1.74. The summed E-state index contributed by atoms with van der Waals surface area (Å²) in [5.74, 6) is -0.793. The second kappa shape index (κ2) is 3.85. The van der Waals surface area contributed by atoms with Crippen molar-refractivity contribution in [3.63, 3.8) is 0 Å². The minimum atomic E-state index is -0.571. The second-order valence-corrected chi connectivity index (χ2v) is 2.91. The number of rotatable bonds is 2. The van der Waals surface area contributed by atoms with Crippen molar-refractivity contribution < 1.29 is 9.90 Å². The van der Waals surface area contributed by atoms with Gasteiger partial charge in [0.2, 0.25) is 5.95 Å². The number of aromatic hydroxyl groups is 1. The van der Waals surface area contributed by atoms with Gasteiger partial charge in [-0.05, 0) is 0 Å². The largest absolute Gasteiger partial charge is 0.494 e. The zero-order valence-corrected chi connectivity index (χ0v) is 7.89. The number of aromatic amines is 2. The highest BCUT2D eigenvalue weighted by Crippen LogP contribution is 2.06. The van der Waals surface area contributed by atoms with E-state index in [4.69, 9.17) is 5.11 Å². The van der Waals surface area contributed by atoms with E-state index in [1.807, 2.05) is 0 Å². The van der Waals surface area contributed by atoms with E-state index in [-0.39, 0.29) is 17.4 Å².